The predicted octanol–water partition coefficient (Wildman–Crippen LogP) is 6.95. The van der Waals surface area contributed by atoms with Crippen molar-refractivity contribution in [3.63, 3.8) is 0 Å². The van der Waals surface area contributed by atoms with Gasteiger partial charge in [0.2, 0.25) is 11.6 Å². The average molecular weight is 483 g/mol. The van der Waals surface area contributed by atoms with Gasteiger partial charge in [-0.2, -0.15) is 0 Å². The first-order valence-electron chi connectivity index (χ1n) is 13.5. The fourth-order valence-corrected chi connectivity index (χ4v) is 5.10. The van der Waals surface area contributed by atoms with E-state index in [1.807, 2.05) is 24.1 Å². The number of benzene rings is 3. The third-order valence-corrected chi connectivity index (χ3v) is 7.16. The summed E-state index contributed by atoms with van der Waals surface area (Å²) in [5.74, 6) is -0.159. The van der Waals surface area contributed by atoms with Crippen LogP contribution in [0.2, 0.25) is 0 Å². The molecule has 0 amide bonds. The topological polar surface area (TPSA) is 49.4 Å². The quantitative estimate of drug-likeness (QED) is 0.268. The molecule has 3 aromatic rings. The molecule has 1 N–H and O–H groups in total. The minimum atomic E-state index is -0.0832. The molecule has 188 valence electrons. The van der Waals surface area contributed by atoms with Crippen molar-refractivity contribution in [3.8, 4) is 0 Å². The molecule has 4 nitrogen and oxygen atoms in total. The second kappa shape index (κ2) is 12.5. The third kappa shape index (κ3) is 5.87. The highest BCUT2D eigenvalue weighted by molar-refractivity contribution is 6.26. The number of allylic oxidation sites excluding steroid dienone is 2. The summed E-state index contributed by atoms with van der Waals surface area (Å²) >= 11 is 0. The Hall–Kier alpha value is -3.40. The van der Waals surface area contributed by atoms with Crippen molar-refractivity contribution >= 4 is 22.3 Å². The molecule has 0 spiro atoms. The Morgan fingerprint density at radius 3 is 2.14 bits per heavy atom. The van der Waals surface area contributed by atoms with Crippen molar-refractivity contribution in [3.05, 3.63) is 94.8 Å². The molecule has 1 aliphatic rings. The molecule has 36 heavy (non-hydrogen) atoms. The molecule has 0 aromatic heterocycles. The van der Waals surface area contributed by atoms with E-state index in [9.17, 15) is 9.59 Å². The fourth-order valence-electron chi connectivity index (χ4n) is 5.10. The van der Waals surface area contributed by atoms with Gasteiger partial charge < -0.3 is 10.2 Å². The highest BCUT2D eigenvalue weighted by atomic mass is 16.1. The molecule has 3 aromatic carbocycles. The number of rotatable bonds is 13. The zero-order valence-corrected chi connectivity index (χ0v) is 21.7. The van der Waals surface area contributed by atoms with Gasteiger partial charge in [0, 0.05) is 31.3 Å². The van der Waals surface area contributed by atoms with Crippen molar-refractivity contribution in [2.24, 2.45) is 0 Å². The van der Waals surface area contributed by atoms with Crippen molar-refractivity contribution in [2.45, 2.75) is 58.3 Å². The normalized spacial score (nSPS) is 13.3. The summed E-state index contributed by atoms with van der Waals surface area (Å²) in [6, 6.07) is 21.9. The average Bonchev–Trinajstić information content (AvgIpc) is 2.91. The number of likely N-dealkylation sites (N-methyl/N-ethyl adjacent to an activating group) is 1. The molecule has 0 heterocycles. The highest BCUT2D eigenvalue weighted by Gasteiger charge is 2.33. The van der Waals surface area contributed by atoms with Crippen molar-refractivity contribution < 1.29 is 9.59 Å². The van der Waals surface area contributed by atoms with Crippen molar-refractivity contribution in [1.82, 2.24) is 10.2 Å². The number of fused-ring (bicyclic) bond motifs is 2. The van der Waals surface area contributed by atoms with Gasteiger partial charge in [0.25, 0.3) is 0 Å². The zero-order chi connectivity index (χ0) is 25.3. The first kappa shape index (κ1) is 25.7. The lowest BCUT2D eigenvalue weighted by Gasteiger charge is -2.29. The van der Waals surface area contributed by atoms with Crippen LogP contribution in [0.1, 0.15) is 78.1 Å². The number of ketones is 2. The molecule has 0 atom stereocenters. The van der Waals surface area contributed by atoms with Gasteiger partial charge in [-0.15, -0.1) is 0 Å². The van der Waals surface area contributed by atoms with Crippen LogP contribution in [0.3, 0.4) is 0 Å². The lowest BCUT2D eigenvalue weighted by molar-refractivity contribution is 0.0941. The van der Waals surface area contributed by atoms with E-state index in [0.717, 1.165) is 19.3 Å². The summed E-state index contributed by atoms with van der Waals surface area (Å²) in [5.41, 5.74) is 3.17. The number of hydrogen-bond donors (Lipinski definition) is 1. The van der Waals surface area contributed by atoms with Crippen molar-refractivity contribution in [2.75, 3.05) is 20.1 Å². The second-order valence-corrected chi connectivity index (χ2v) is 9.79. The largest absolute Gasteiger partial charge is 0.380 e. The molecular weight excluding hydrogens is 444 g/mol. The molecule has 4 rings (SSSR count). The van der Waals surface area contributed by atoms with E-state index in [0.29, 0.717) is 35.6 Å². The molecule has 0 saturated heterocycles. The van der Waals surface area contributed by atoms with Crippen LogP contribution < -0.4 is 5.32 Å². The Morgan fingerprint density at radius 1 is 0.722 bits per heavy atom. The predicted molar refractivity (Wildman–Crippen MR) is 148 cm³/mol. The van der Waals surface area contributed by atoms with E-state index in [1.54, 1.807) is 12.1 Å². The van der Waals surface area contributed by atoms with Gasteiger partial charge in [0.15, 0.2) is 0 Å². The van der Waals surface area contributed by atoms with Gasteiger partial charge >= 0.3 is 0 Å². The smallest absolute Gasteiger partial charge is 0.212 e. The summed E-state index contributed by atoms with van der Waals surface area (Å²) in [7, 11) is 1.93. The summed E-state index contributed by atoms with van der Waals surface area (Å²) in [4.78, 5) is 29.0. The Balaban J connectivity index is 1.49. The Labute approximate surface area is 215 Å². The van der Waals surface area contributed by atoms with E-state index < -0.39 is 0 Å². The van der Waals surface area contributed by atoms with E-state index >= 15 is 0 Å². The number of Topliss-reactive ketones (excluding diaryl/α,β-unsaturated/α-hetero) is 2. The molecule has 0 bridgehead atoms. The van der Waals surface area contributed by atoms with Gasteiger partial charge in [-0.25, -0.2) is 0 Å². The van der Waals surface area contributed by atoms with E-state index in [2.05, 4.69) is 54.7 Å². The summed E-state index contributed by atoms with van der Waals surface area (Å²) in [6.07, 6.45) is 9.25. The molecule has 1 aliphatic carbocycles. The van der Waals surface area contributed by atoms with Crippen LogP contribution in [0.25, 0.3) is 10.8 Å². The van der Waals surface area contributed by atoms with Gasteiger partial charge in [-0.3, -0.25) is 9.59 Å². The van der Waals surface area contributed by atoms with Crippen LogP contribution in [0.4, 0.5) is 0 Å². The molecule has 4 heteroatoms. The first-order chi connectivity index (χ1) is 17.6. The molecule has 0 unspecified atom stereocenters. The number of nitrogens with zero attached hydrogens (tertiary/aromatic N) is 1. The number of nitrogens with one attached hydrogen (secondary N) is 1. The molecule has 0 saturated carbocycles. The fraction of sp³-hybridized carbons (Fsp3) is 0.375. The third-order valence-electron chi connectivity index (χ3n) is 7.16. The number of carbonyl (C=O) groups excluding carboxylic acids is 2. The van der Waals surface area contributed by atoms with E-state index in [4.69, 9.17) is 0 Å². The summed E-state index contributed by atoms with van der Waals surface area (Å²) < 4.78 is 0. The van der Waals surface area contributed by atoms with Crippen LogP contribution in [-0.4, -0.2) is 36.6 Å². The lowest BCUT2D eigenvalue weighted by atomic mass is 9.89. The standard InChI is InChI=1S/C32H38N2O2/c1-3-4-5-6-7-8-13-22-33-29-30(32(36)28-20-12-11-19-27(28)31(29)35)34(2)23-21-25-17-14-16-24-15-9-10-18-26(24)25/h9-12,14-20,33H,3-8,13,21-23H2,1-2H3. The number of unbranched alkanes of at least 4 members (excludes halogenated alkanes) is 6. The molecular formula is C32H38N2O2. The maximum absolute atomic E-state index is 13.6. The SMILES string of the molecule is CCCCCCCCCNC1=C(N(C)CCc2cccc3ccccc23)C(=O)c2ccccc2C1=O. The Bertz CT molecular complexity index is 1240. The molecule has 0 fully saturated rings. The van der Waals surface area contributed by atoms with Gasteiger partial charge in [0.1, 0.15) is 11.4 Å². The van der Waals surface area contributed by atoms with Crippen molar-refractivity contribution in [1.29, 1.82) is 0 Å². The van der Waals surface area contributed by atoms with Gasteiger partial charge in [-0.1, -0.05) is 112 Å². The first-order valence-corrected chi connectivity index (χ1v) is 13.5. The number of hydrogen-bond acceptors (Lipinski definition) is 4. The number of carbonyl (C=O) groups is 2. The van der Waals surface area contributed by atoms with Crippen LogP contribution in [0.5, 0.6) is 0 Å². The van der Waals surface area contributed by atoms with Crippen LogP contribution in [0, 0.1) is 0 Å². The summed E-state index contributed by atoms with van der Waals surface area (Å²) in [5, 5.41) is 5.82. The lowest BCUT2D eigenvalue weighted by Crippen LogP contribution is -2.38. The minimum Gasteiger partial charge on any atom is -0.380 e. The van der Waals surface area contributed by atoms with E-state index in [1.165, 1.54) is 48.4 Å². The molecule has 0 radical (unpaired) electrons. The zero-order valence-electron chi connectivity index (χ0n) is 21.7. The van der Waals surface area contributed by atoms with Gasteiger partial charge in [-0.05, 0) is 29.2 Å². The Morgan fingerprint density at radius 2 is 1.36 bits per heavy atom. The van der Waals surface area contributed by atoms with E-state index in [-0.39, 0.29) is 11.6 Å². The van der Waals surface area contributed by atoms with Crippen LogP contribution in [-0.2, 0) is 6.42 Å². The van der Waals surface area contributed by atoms with Gasteiger partial charge in [0.05, 0.1) is 0 Å². The molecule has 0 aliphatic heterocycles. The van der Waals surface area contributed by atoms with Crippen LogP contribution in [0.15, 0.2) is 78.1 Å². The maximum atomic E-state index is 13.6. The summed E-state index contributed by atoms with van der Waals surface area (Å²) in [6.45, 7) is 3.58. The second-order valence-electron chi connectivity index (χ2n) is 9.79. The maximum Gasteiger partial charge on any atom is 0.212 e. The minimum absolute atomic E-state index is 0.0762. The monoisotopic (exact) mass is 482 g/mol. The highest BCUT2D eigenvalue weighted by Crippen LogP contribution is 2.27. The Kier molecular flexibility index (Phi) is 8.94. The van der Waals surface area contributed by atoms with Crippen LogP contribution >= 0.6 is 0 Å².